The lowest BCUT2D eigenvalue weighted by Crippen LogP contribution is -2.36. The van der Waals surface area contributed by atoms with Gasteiger partial charge < -0.3 is 10.5 Å². The fourth-order valence-corrected chi connectivity index (χ4v) is 4.28. The number of hydrogen-bond donors (Lipinski definition) is 1. The van der Waals surface area contributed by atoms with Crippen LogP contribution in [0, 0.1) is 13.8 Å². The minimum Gasteiger partial charge on any atom is -0.397 e. The molecule has 2 rings (SSSR count). The SMILES string of the molecule is COCC1=CCN(S(=O)(=O)c2c(C)ccc(C)c2N)CC1. The highest BCUT2D eigenvalue weighted by molar-refractivity contribution is 7.89. The van der Waals surface area contributed by atoms with Crippen LogP contribution in [0.1, 0.15) is 17.5 Å². The zero-order valence-electron chi connectivity index (χ0n) is 12.7. The molecule has 0 aromatic heterocycles. The Labute approximate surface area is 126 Å². The third-order valence-corrected chi connectivity index (χ3v) is 5.87. The lowest BCUT2D eigenvalue weighted by Gasteiger charge is -2.27. The number of anilines is 1. The number of rotatable bonds is 4. The van der Waals surface area contributed by atoms with E-state index in [-0.39, 0.29) is 4.90 Å². The predicted octanol–water partition coefficient (Wildman–Crippen LogP) is 1.85. The van der Waals surface area contributed by atoms with Crippen molar-refractivity contribution in [2.24, 2.45) is 0 Å². The Bertz CT molecular complexity index is 666. The molecule has 6 heteroatoms. The Balaban J connectivity index is 2.35. The van der Waals surface area contributed by atoms with Crippen molar-refractivity contribution < 1.29 is 13.2 Å². The minimum absolute atomic E-state index is 0.242. The maximum absolute atomic E-state index is 12.8. The first-order valence-corrected chi connectivity index (χ1v) is 8.34. The Morgan fingerprint density at radius 1 is 1.29 bits per heavy atom. The molecule has 2 N–H and O–H groups in total. The standard InChI is InChI=1S/C15H22N2O3S/c1-11-4-5-12(2)15(14(11)16)21(18,19)17-8-6-13(7-9-17)10-20-3/h4-6H,7-10,16H2,1-3H3. The molecule has 0 saturated heterocycles. The van der Waals surface area contributed by atoms with Gasteiger partial charge in [0.2, 0.25) is 10.0 Å². The molecule has 1 aliphatic heterocycles. The van der Waals surface area contributed by atoms with E-state index in [0.717, 1.165) is 11.1 Å². The summed E-state index contributed by atoms with van der Waals surface area (Å²) in [6, 6.07) is 3.64. The highest BCUT2D eigenvalue weighted by atomic mass is 32.2. The highest BCUT2D eigenvalue weighted by Gasteiger charge is 2.29. The van der Waals surface area contributed by atoms with Gasteiger partial charge >= 0.3 is 0 Å². The topological polar surface area (TPSA) is 72.6 Å². The molecule has 0 radical (unpaired) electrons. The molecule has 0 spiro atoms. The molecule has 0 atom stereocenters. The number of sulfonamides is 1. The van der Waals surface area contributed by atoms with E-state index in [9.17, 15) is 8.42 Å². The van der Waals surface area contributed by atoms with E-state index in [1.54, 1.807) is 20.1 Å². The van der Waals surface area contributed by atoms with Crippen LogP contribution in [0.2, 0.25) is 0 Å². The van der Waals surface area contributed by atoms with Crippen molar-refractivity contribution in [1.82, 2.24) is 4.31 Å². The number of hydrogen-bond acceptors (Lipinski definition) is 4. The van der Waals surface area contributed by atoms with Crippen LogP contribution in [-0.2, 0) is 14.8 Å². The molecule has 116 valence electrons. The molecular weight excluding hydrogens is 288 g/mol. The normalized spacial score (nSPS) is 16.8. The number of benzene rings is 1. The predicted molar refractivity (Wildman–Crippen MR) is 83.7 cm³/mol. The second-order valence-electron chi connectivity index (χ2n) is 5.35. The van der Waals surface area contributed by atoms with Crippen molar-refractivity contribution in [3.05, 3.63) is 34.9 Å². The molecular formula is C15H22N2O3S. The third-order valence-electron chi connectivity index (χ3n) is 3.80. The quantitative estimate of drug-likeness (QED) is 0.680. The fraction of sp³-hybridized carbons (Fsp3) is 0.467. The minimum atomic E-state index is -3.56. The summed E-state index contributed by atoms with van der Waals surface area (Å²) in [6.45, 7) is 4.98. The van der Waals surface area contributed by atoms with E-state index in [4.69, 9.17) is 10.5 Å². The highest BCUT2D eigenvalue weighted by Crippen LogP contribution is 2.30. The molecule has 1 aliphatic rings. The van der Waals surface area contributed by atoms with E-state index < -0.39 is 10.0 Å². The van der Waals surface area contributed by atoms with Gasteiger partial charge in [0.05, 0.1) is 12.3 Å². The number of aryl methyl sites for hydroxylation is 2. The number of ether oxygens (including phenoxy) is 1. The smallest absolute Gasteiger partial charge is 0.245 e. The monoisotopic (exact) mass is 310 g/mol. The Hall–Kier alpha value is -1.37. The van der Waals surface area contributed by atoms with Gasteiger partial charge in [-0.2, -0.15) is 4.31 Å². The van der Waals surface area contributed by atoms with Crippen molar-refractivity contribution in [2.75, 3.05) is 32.5 Å². The van der Waals surface area contributed by atoms with Crippen LogP contribution in [0.3, 0.4) is 0 Å². The molecule has 5 nitrogen and oxygen atoms in total. The van der Waals surface area contributed by atoms with Crippen LogP contribution in [0.4, 0.5) is 5.69 Å². The van der Waals surface area contributed by atoms with Crippen molar-refractivity contribution in [3.63, 3.8) is 0 Å². The van der Waals surface area contributed by atoms with Crippen LogP contribution in [0.25, 0.3) is 0 Å². The zero-order chi connectivity index (χ0) is 15.6. The second-order valence-corrected chi connectivity index (χ2v) is 7.23. The van der Waals surface area contributed by atoms with E-state index in [0.29, 0.717) is 37.4 Å². The van der Waals surface area contributed by atoms with Crippen LogP contribution in [0.15, 0.2) is 28.7 Å². The maximum Gasteiger partial charge on any atom is 0.245 e. The van der Waals surface area contributed by atoms with Gasteiger partial charge in [0, 0.05) is 20.2 Å². The number of nitrogens with two attached hydrogens (primary N) is 1. The fourth-order valence-electron chi connectivity index (χ4n) is 2.51. The molecule has 0 amide bonds. The van der Waals surface area contributed by atoms with Gasteiger partial charge in [-0.15, -0.1) is 0 Å². The van der Waals surface area contributed by atoms with E-state index in [1.807, 2.05) is 19.1 Å². The molecule has 1 aromatic rings. The Kier molecular flexibility index (Phi) is 4.70. The van der Waals surface area contributed by atoms with Crippen LogP contribution in [0.5, 0.6) is 0 Å². The third kappa shape index (κ3) is 3.12. The van der Waals surface area contributed by atoms with Crippen molar-refractivity contribution in [2.45, 2.75) is 25.2 Å². The van der Waals surface area contributed by atoms with Gasteiger partial charge in [0.1, 0.15) is 4.90 Å². The summed E-state index contributed by atoms with van der Waals surface area (Å²) < 4.78 is 32.2. The first-order chi connectivity index (χ1) is 9.87. The summed E-state index contributed by atoms with van der Waals surface area (Å²) in [7, 11) is -1.92. The summed E-state index contributed by atoms with van der Waals surface area (Å²) in [6.07, 6.45) is 2.61. The molecule has 0 unspecified atom stereocenters. The summed E-state index contributed by atoms with van der Waals surface area (Å²) in [4.78, 5) is 0.242. The second kappa shape index (κ2) is 6.17. The van der Waals surface area contributed by atoms with Crippen molar-refractivity contribution in [3.8, 4) is 0 Å². The molecule has 0 bridgehead atoms. The van der Waals surface area contributed by atoms with Gasteiger partial charge in [-0.05, 0) is 37.0 Å². The summed E-state index contributed by atoms with van der Waals surface area (Å²) in [5, 5.41) is 0. The molecule has 0 saturated carbocycles. The molecule has 21 heavy (non-hydrogen) atoms. The van der Waals surface area contributed by atoms with Gasteiger partial charge in [-0.3, -0.25) is 0 Å². The molecule has 0 aliphatic carbocycles. The van der Waals surface area contributed by atoms with Gasteiger partial charge in [-0.1, -0.05) is 18.2 Å². The number of nitrogens with zero attached hydrogens (tertiary/aromatic N) is 1. The lowest BCUT2D eigenvalue weighted by molar-refractivity contribution is 0.219. The first kappa shape index (κ1) is 16.0. The van der Waals surface area contributed by atoms with Crippen molar-refractivity contribution in [1.29, 1.82) is 0 Å². The van der Waals surface area contributed by atoms with Gasteiger partial charge in [-0.25, -0.2) is 8.42 Å². The lowest BCUT2D eigenvalue weighted by atomic mass is 10.1. The van der Waals surface area contributed by atoms with Crippen LogP contribution >= 0.6 is 0 Å². The van der Waals surface area contributed by atoms with Gasteiger partial charge in [0.15, 0.2) is 0 Å². The Morgan fingerprint density at radius 3 is 2.52 bits per heavy atom. The van der Waals surface area contributed by atoms with E-state index in [2.05, 4.69) is 0 Å². The summed E-state index contributed by atoms with van der Waals surface area (Å²) in [5.74, 6) is 0. The first-order valence-electron chi connectivity index (χ1n) is 6.90. The molecule has 1 heterocycles. The van der Waals surface area contributed by atoms with Crippen LogP contribution < -0.4 is 5.73 Å². The Morgan fingerprint density at radius 2 is 1.95 bits per heavy atom. The van der Waals surface area contributed by atoms with Crippen molar-refractivity contribution >= 4 is 15.7 Å². The largest absolute Gasteiger partial charge is 0.397 e. The average Bonchev–Trinajstić information content (AvgIpc) is 2.44. The molecule has 0 fully saturated rings. The molecule has 1 aromatic carbocycles. The van der Waals surface area contributed by atoms with E-state index >= 15 is 0 Å². The number of methoxy groups -OCH3 is 1. The zero-order valence-corrected chi connectivity index (χ0v) is 13.5. The summed E-state index contributed by atoms with van der Waals surface area (Å²) >= 11 is 0. The average molecular weight is 310 g/mol. The van der Waals surface area contributed by atoms with Crippen LogP contribution in [-0.4, -0.2) is 39.5 Å². The number of nitrogen functional groups attached to an aromatic ring is 1. The maximum atomic E-state index is 12.8. The van der Waals surface area contributed by atoms with Gasteiger partial charge in [0.25, 0.3) is 0 Å². The summed E-state index contributed by atoms with van der Waals surface area (Å²) in [5.41, 5.74) is 8.96. The van der Waals surface area contributed by atoms with E-state index in [1.165, 1.54) is 4.31 Å².